The molecule has 0 bridgehead atoms. The van der Waals surface area contributed by atoms with Crippen molar-refractivity contribution in [2.45, 2.75) is 32.0 Å². The van der Waals surface area contributed by atoms with Crippen molar-refractivity contribution in [1.29, 1.82) is 0 Å². The maximum atomic E-state index is 14.2. The summed E-state index contributed by atoms with van der Waals surface area (Å²) in [4.78, 5) is 19.6. The third-order valence-corrected chi connectivity index (χ3v) is 6.13. The summed E-state index contributed by atoms with van der Waals surface area (Å²) < 4.78 is 14.2. The molecule has 154 valence electrons. The van der Waals surface area contributed by atoms with Crippen molar-refractivity contribution in [3.63, 3.8) is 0 Å². The number of nitrogens with zero attached hydrogens (tertiary/aromatic N) is 3. The van der Waals surface area contributed by atoms with Gasteiger partial charge in [0.05, 0.1) is 5.56 Å². The summed E-state index contributed by atoms with van der Waals surface area (Å²) in [5, 5.41) is 10.1. The van der Waals surface area contributed by atoms with Crippen LogP contribution in [0.25, 0.3) is 0 Å². The fraction of sp³-hybridized carbons (Fsp3) is 0.435. The molecule has 6 heteroatoms. The van der Waals surface area contributed by atoms with Crippen LogP contribution >= 0.6 is 0 Å². The highest BCUT2D eigenvalue weighted by atomic mass is 19.1. The van der Waals surface area contributed by atoms with E-state index < -0.39 is 5.82 Å². The smallest absolute Gasteiger partial charge is 0.256 e. The molecular weight excluding hydrogens is 369 g/mol. The first kappa shape index (κ1) is 19.9. The van der Waals surface area contributed by atoms with Crippen molar-refractivity contribution in [3.05, 3.63) is 65.5 Å². The first-order chi connectivity index (χ1) is 13.8. The molecule has 0 aliphatic carbocycles. The summed E-state index contributed by atoms with van der Waals surface area (Å²) in [5.74, 6) is -0.397. The molecule has 1 N–H and O–H groups in total. The third kappa shape index (κ3) is 4.00. The Balaban J connectivity index is 1.51. The quantitative estimate of drug-likeness (QED) is 0.865. The van der Waals surface area contributed by atoms with Crippen LogP contribution in [-0.4, -0.2) is 70.0 Å². The molecule has 0 radical (unpaired) electrons. The van der Waals surface area contributed by atoms with Gasteiger partial charge in [-0.25, -0.2) is 4.39 Å². The molecular formula is C23H28FN3O2. The third-order valence-electron chi connectivity index (χ3n) is 6.13. The van der Waals surface area contributed by atoms with E-state index in [1.807, 2.05) is 18.2 Å². The standard InChI is InChI=1S/C23H28FN3O2/c1-23(2)16-26(22(29)19-8-4-5-9-20(19)24)15-18-14-25(11-12-27(18)23)13-17-7-3-6-10-21(17)28/h3-10,18,28H,11-16H2,1-2H3. The molecule has 4 rings (SSSR count). The normalized spacial score (nSPS) is 22.3. The average Bonchev–Trinajstić information content (AvgIpc) is 2.69. The number of amides is 1. The minimum atomic E-state index is -0.470. The second-order valence-electron chi connectivity index (χ2n) is 8.69. The van der Waals surface area contributed by atoms with Crippen molar-refractivity contribution >= 4 is 5.91 Å². The number of fused-ring (bicyclic) bond motifs is 1. The molecule has 2 aromatic carbocycles. The van der Waals surface area contributed by atoms with E-state index >= 15 is 0 Å². The molecule has 2 aromatic rings. The fourth-order valence-electron chi connectivity index (χ4n) is 4.74. The maximum Gasteiger partial charge on any atom is 0.256 e. The molecule has 5 nitrogen and oxygen atoms in total. The SMILES string of the molecule is CC1(C)CN(C(=O)c2ccccc2F)CC2CN(Cc3ccccc3O)CCN21. The molecule has 1 amide bonds. The Morgan fingerprint density at radius 2 is 1.83 bits per heavy atom. The van der Waals surface area contributed by atoms with Crippen molar-refractivity contribution < 1.29 is 14.3 Å². The molecule has 2 heterocycles. The first-order valence-electron chi connectivity index (χ1n) is 10.1. The van der Waals surface area contributed by atoms with Crippen LogP contribution in [0.3, 0.4) is 0 Å². The lowest BCUT2D eigenvalue weighted by Gasteiger charge is -2.55. The lowest BCUT2D eigenvalue weighted by molar-refractivity contribution is -0.0579. The predicted octanol–water partition coefficient (Wildman–Crippen LogP) is 2.95. The highest BCUT2D eigenvalue weighted by Crippen LogP contribution is 2.30. The van der Waals surface area contributed by atoms with E-state index in [4.69, 9.17) is 0 Å². The van der Waals surface area contributed by atoms with Crippen LogP contribution < -0.4 is 0 Å². The Morgan fingerprint density at radius 3 is 2.59 bits per heavy atom. The Hall–Kier alpha value is -2.44. The number of piperazine rings is 2. The van der Waals surface area contributed by atoms with Crippen molar-refractivity contribution in [1.82, 2.24) is 14.7 Å². The summed E-state index contributed by atoms with van der Waals surface area (Å²) in [6, 6.07) is 13.8. The van der Waals surface area contributed by atoms with Gasteiger partial charge < -0.3 is 10.0 Å². The molecule has 0 saturated carbocycles. The van der Waals surface area contributed by atoms with Gasteiger partial charge in [0.15, 0.2) is 0 Å². The van der Waals surface area contributed by atoms with Gasteiger partial charge in [-0.05, 0) is 32.0 Å². The van der Waals surface area contributed by atoms with E-state index in [-0.39, 0.29) is 23.1 Å². The predicted molar refractivity (Wildman–Crippen MR) is 110 cm³/mol. The summed E-state index contributed by atoms with van der Waals surface area (Å²) in [6.07, 6.45) is 0. The number of phenolic OH excluding ortho intramolecular Hbond substituents is 1. The van der Waals surface area contributed by atoms with Gasteiger partial charge in [0.25, 0.3) is 5.91 Å². The zero-order valence-electron chi connectivity index (χ0n) is 17.0. The van der Waals surface area contributed by atoms with Crippen LogP contribution in [0.1, 0.15) is 29.8 Å². The first-order valence-corrected chi connectivity index (χ1v) is 10.1. The fourth-order valence-corrected chi connectivity index (χ4v) is 4.74. The van der Waals surface area contributed by atoms with Gasteiger partial charge in [-0.1, -0.05) is 30.3 Å². The number of benzene rings is 2. The molecule has 2 aliphatic heterocycles. The number of phenols is 1. The highest BCUT2D eigenvalue weighted by Gasteiger charge is 2.44. The number of para-hydroxylation sites is 1. The monoisotopic (exact) mass is 397 g/mol. The van der Waals surface area contributed by atoms with E-state index in [0.717, 1.165) is 25.2 Å². The van der Waals surface area contributed by atoms with Gasteiger partial charge in [0, 0.05) is 56.4 Å². The topological polar surface area (TPSA) is 47.0 Å². The Labute approximate surface area is 171 Å². The van der Waals surface area contributed by atoms with E-state index in [9.17, 15) is 14.3 Å². The summed E-state index contributed by atoms with van der Waals surface area (Å²) in [5.41, 5.74) is 0.874. The molecule has 2 aliphatic rings. The summed E-state index contributed by atoms with van der Waals surface area (Å²) in [7, 11) is 0. The van der Waals surface area contributed by atoms with E-state index in [1.165, 1.54) is 6.07 Å². The molecule has 1 unspecified atom stereocenters. The van der Waals surface area contributed by atoms with Crippen LogP contribution in [0.4, 0.5) is 4.39 Å². The van der Waals surface area contributed by atoms with Gasteiger partial charge in [-0.3, -0.25) is 14.6 Å². The summed E-state index contributed by atoms with van der Waals surface area (Å²) in [6.45, 7) is 8.77. The molecule has 2 saturated heterocycles. The van der Waals surface area contributed by atoms with Gasteiger partial charge in [-0.2, -0.15) is 0 Å². The second kappa shape index (κ2) is 7.76. The number of hydrogen-bond acceptors (Lipinski definition) is 4. The van der Waals surface area contributed by atoms with E-state index in [1.54, 1.807) is 29.2 Å². The number of rotatable bonds is 3. The number of aromatic hydroxyl groups is 1. The number of carbonyl (C=O) groups is 1. The summed E-state index contributed by atoms with van der Waals surface area (Å²) >= 11 is 0. The second-order valence-corrected chi connectivity index (χ2v) is 8.69. The van der Waals surface area contributed by atoms with Gasteiger partial charge >= 0.3 is 0 Å². The van der Waals surface area contributed by atoms with Crippen LogP contribution in [0.5, 0.6) is 5.75 Å². The minimum Gasteiger partial charge on any atom is -0.508 e. The molecule has 1 atom stereocenters. The van der Waals surface area contributed by atoms with E-state index in [0.29, 0.717) is 25.4 Å². The van der Waals surface area contributed by atoms with Crippen LogP contribution in [0, 0.1) is 5.82 Å². The number of halogens is 1. The van der Waals surface area contributed by atoms with Crippen molar-refractivity contribution in [2.75, 3.05) is 32.7 Å². The number of carbonyl (C=O) groups excluding carboxylic acids is 1. The van der Waals surface area contributed by atoms with Gasteiger partial charge in [0.2, 0.25) is 0 Å². The molecule has 0 aromatic heterocycles. The van der Waals surface area contributed by atoms with Gasteiger partial charge in [-0.15, -0.1) is 0 Å². The lowest BCUT2D eigenvalue weighted by atomic mass is 9.92. The van der Waals surface area contributed by atoms with Crippen molar-refractivity contribution in [3.8, 4) is 5.75 Å². The zero-order chi connectivity index (χ0) is 20.6. The number of hydrogen-bond donors (Lipinski definition) is 1. The largest absolute Gasteiger partial charge is 0.508 e. The lowest BCUT2D eigenvalue weighted by Crippen LogP contribution is -2.70. The van der Waals surface area contributed by atoms with Crippen LogP contribution in [-0.2, 0) is 6.54 Å². The zero-order valence-corrected chi connectivity index (χ0v) is 17.0. The van der Waals surface area contributed by atoms with Crippen LogP contribution in [0.2, 0.25) is 0 Å². The Morgan fingerprint density at radius 1 is 1.10 bits per heavy atom. The van der Waals surface area contributed by atoms with Crippen molar-refractivity contribution in [2.24, 2.45) is 0 Å². The van der Waals surface area contributed by atoms with Gasteiger partial charge in [0.1, 0.15) is 11.6 Å². The van der Waals surface area contributed by atoms with E-state index in [2.05, 4.69) is 23.6 Å². The molecule has 0 spiro atoms. The van der Waals surface area contributed by atoms with Crippen LogP contribution in [0.15, 0.2) is 48.5 Å². The Kier molecular flexibility index (Phi) is 5.32. The maximum absolute atomic E-state index is 14.2. The molecule has 29 heavy (non-hydrogen) atoms. The average molecular weight is 397 g/mol. The Bertz CT molecular complexity index is 901. The molecule has 2 fully saturated rings. The highest BCUT2D eigenvalue weighted by molar-refractivity contribution is 5.94. The minimum absolute atomic E-state index is 0.138.